The molecule has 138 valence electrons. The fourth-order valence-electron chi connectivity index (χ4n) is 2.89. The summed E-state index contributed by atoms with van der Waals surface area (Å²) >= 11 is 1.50. The van der Waals surface area contributed by atoms with E-state index in [2.05, 4.69) is 10.2 Å². The first kappa shape index (κ1) is 17.4. The Bertz CT molecular complexity index is 1180. The van der Waals surface area contributed by atoms with E-state index in [0.717, 1.165) is 33.3 Å². The van der Waals surface area contributed by atoms with Crippen molar-refractivity contribution in [1.82, 2.24) is 14.8 Å². The molecular formula is C19H17N3O4S. The van der Waals surface area contributed by atoms with Crippen molar-refractivity contribution in [2.45, 2.75) is 17.8 Å². The second kappa shape index (κ2) is 6.96. The summed E-state index contributed by atoms with van der Waals surface area (Å²) in [6, 6.07) is 8.84. The van der Waals surface area contributed by atoms with Crippen LogP contribution in [-0.2, 0) is 12.8 Å². The fraction of sp³-hybridized carbons (Fsp3) is 0.211. The number of furan rings is 1. The zero-order chi connectivity index (χ0) is 19.0. The van der Waals surface area contributed by atoms with Crippen molar-refractivity contribution in [3.05, 3.63) is 58.3 Å². The minimum Gasteiger partial charge on any atom is -0.497 e. The van der Waals surface area contributed by atoms with Gasteiger partial charge in [0.2, 0.25) is 0 Å². The Morgan fingerprint density at radius 2 is 2.07 bits per heavy atom. The Morgan fingerprint density at radius 1 is 1.22 bits per heavy atom. The van der Waals surface area contributed by atoms with Crippen molar-refractivity contribution in [1.29, 1.82) is 0 Å². The number of thioether (sulfide) groups is 1. The van der Waals surface area contributed by atoms with Crippen LogP contribution in [0.4, 0.5) is 0 Å². The van der Waals surface area contributed by atoms with Gasteiger partial charge in [0.1, 0.15) is 17.1 Å². The van der Waals surface area contributed by atoms with Gasteiger partial charge in [-0.2, -0.15) is 0 Å². The van der Waals surface area contributed by atoms with Crippen molar-refractivity contribution in [3.8, 4) is 17.1 Å². The Labute approximate surface area is 159 Å². The number of aryl methyl sites for hydroxylation is 1. The molecule has 0 amide bonds. The predicted octanol–water partition coefficient (Wildman–Crippen LogP) is 3.79. The highest BCUT2D eigenvalue weighted by Crippen LogP contribution is 2.30. The normalized spacial score (nSPS) is 11.2. The van der Waals surface area contributed by atoms with E-state index in [9.17, 15) is 4.79 Å². The van der Waals surface area contributed by atoms with Gasteiger partial charge in [0, 0.05) is 30.3 Å². The molecule has 0 saturated heterocycles. The SMILES string of the molecule is COc1ccc2c(CSc3nnc(-c4ccoc4C)n3C)cc(=O)oc2c1. The zero-order valence-corrected chi connectivity index (χ0v) is 15.9. The molecule has 0 radical (unpaired) electrons. The van der Waals surface area contributed by atoms with Crippen molar-refractivity contribution >= 4 is 22.7 Å². The summed E-state index contributed by atoms with van der Waals surface area (Å²) in [6.45, 7) is 1.89. The molecule has 0 saturated carbocycles. The van der Waals surface area contributed by atoms with E-state index in [1.807, 2.05) is 36.7 Å². The number of nitrogens with zero attached hydrogens (tertiary/aromatic N) is 3. The lowest BCUT2D eigenvalue weighted by Crippen LogP contribution is -2.01. The molecule has 0 aliphatic heterocycles. The maximum Gasteiger partial charge on any atom is 0.336 e. The maximum atomic E-state index is 11.9. The van der Waals surface area contributed by atoms with E-state index in [-0.39, 0.29) is 5.63 Å². The molecule has 8 heteroatoms. The van der Waals surface area contributed by atoms with Gasteiger partial charge in [-0.1, -0.05) is 11.8 Å². The van der Waals surface area contributed by atoms with Crippen LogP contribution in [-0.4, -0.2) is 21.9 Å². The molecule has 1 aromatic carbocycles. The van der Waals surface area contributed by atoms with E-state index in [1.165, 1.54) is 17.8 Å². The molecule has 27 heavy (non-hydrogen) atoms. The first-order valence-electron chi connectivity index (χ1n) is 8.24. The van der Waals surface area contributed by atoms with Gasteiger partial charge in [-0.15, -0.1) is 10.2 Å². The summed E-state index contributed by atoms with van der Waals surface area (Å²) in [5.74, 6) is 2.74. The Balaban J connectivity index is 1.64. The monoisotopic (exact) mass is 383 g/mol. The third-order valence-corrected chi connectivity index (χ3v) is 5.40. The second-order valence-corrected chi connectivity index (χ2v) is 6.94. The molecule has 3 aromatic heterocycles. The van der Waals surface area contributed by atoms with Crippen LogP contribution in [0, 0.1) is 6.92 Å². The standard InChI is InChI=1S/C19H17N3O4S/c1-11-14(6-7-25-11)18-20-21-19(22(18)2)27-10-12-8-17(23)26-16-9-13(24-3)4-5-15(12)16/h4-9H,10H2,1-3H3. The fourth-order valence-corrected chi connectivity index (χ4v) is 3.79. The van der Waals surface area contributed by atoms with Crippen LogP contribution in [0.25, 0.3) is 22.4 Å². The highest BCUT2D eigenvalue weighted by molar-refractivity contribution is 7.98. The van der Waals surface area contributed by atoms with Crippen LogP contribution < -0.4 is 10.4 Å². The number of fused-ring (bicyclic) bond motifs is 1. The number of aromatic nitrogens is 3. The Hall–Kier alpha value is -3.00. The molecule has 0 N–H and O–H groups in total. The van der Waals surface area contributed by atoms with Crippen LogP contribution in [0.1, 0.15) is 11.3 Å². The summed E-state index contributed by atoms with van der Waals surface area (Å²) in [5, 5.41) is 10.2. The average molecular weight is 383 g/mol. The maximum absolute atomic E-state index is 11.9. The van der Waals surface area contributed by atoms with E-state index >= 15 is 0 Å². The largest absolute Gasteiger partial charge is 0.497 e. The number of methoxy groups -OCH3 is 1. The lowest BCUT2D eigenvalue weighted by molar-refractivity contribution is 0.414. The van der Waals surface area contributed by atoms with Gasteiger partial charge < -0.3 is 18.1 Å². The lowest BCUT2D eigenvalue weighted by atomic mass is 10.1. The predicted molar refractivity (Wildman–Crippen MR) is 102 cm³/mol. The summed E-state index contributed by atoms with van der Waals surface area (Å²) in [7, 11) is 3.48. The Morgan fingerprint density at radius 3 is 2.81 bits per heavy atom. The number of benzene rings is 1. The molecule has 0 bridgehead atoms. The highest BCUT2D eigenvalue weighted by Gasteiger charge is 2.16. The van der Waals surface area contributed by atoms with Gasteiger partial charge >= 0.3 is 5.63 Å². The third kappa shape index (κ3) is 3.23. The van der Waals surface area contributed by atoms with Crippen molar-refractivity contribution in [2.75, 3.05) is 7.11 Å². The van der Waals surface area contributed by atoms with E-state index < -0.39 is 0 Å². The van der Waals surface area contributed by atoms with Crippen LogP contribution in [0.3, 0.4) is 0 Å². The number of hydrogen-bond acceptors (Lipinski definition) is 7. The van der Waals surface area contributed by atoms with Crippen LogP contribution >= 0.6 is 11.8 Å². The van der Waals surface area contributed by atoms with Gasteiger partial charge in [-0.3, -0.25) is 0 Å². The molecule has 4 rings (SSSR count). The summed E-state index contributed by atoms with van der Waals surface area (Å²) < 4.78 is 17.8. The average Bonchev–Trinajstić information content (AvgIpc) is 3.24. The van der Waals surface area contributed by atoms with Gasteiger partial charge in [0.05, 0.1) is 18.9 Å². The molecule has 3 heterocycles. The molecule has 0 aliphatic carbocycles. The van der Waals surface area contributed by atoms with E-state index in [4.69, 9.17) is 13.6 Å². The molecule has 0 unspecified atom stereocenters. The summed E-state index contributed by atoms with van der Waals surface area (Å²) in [5.41, 5.74) is 1.90. The molecule has 7 nitrogen and oxygen atoms in total. The molecule has 0 fully saturated rings. The van der Waals surface area contributed by atoms with Crippen LogP contribution in [0.15, 0.2) is 55.4 Å². The smallest absolute Gasteiger partial charge is 0.336 e. The lowest BCUT2D eigenvalue weighted by Gasteiger charge is -2.07. The Kier molecular flexibility index (Phi) is 4.49. The van der Waals surface area contributed by atoms with Crippen molar-refractivity contribution in [2.24, 2.45) is 7.05 Å². The van der Waals surface area contributed by atoms with E-state index in [0.29, 0.717) is 17.1 Å². The quantitative estimate of drug-likeness (QED) is 0.383. The molecule has 4 aromatic rings. The molecule has 0 aliphatic rings. The zero-order valence-electron chi connectivity index (χ0n) is 15.1. The third-order valence-electron chi connectivity index (χ3n) is 4.33. The topological polar surface area (TPSA) is 83.3 Å². The van der Waals surface area contributed by atoms with Crippen LogP contribution in [0.2, 0.25) is 0 Å². The first-order chi connectivity index (χ1) is 13.1. The highest BCUT2D eigenvalue weighted by atomic mass is 32.2. The molecule has 0 atom stereocenters. The van der Waals surface area contributed by atoms with E-state index in [1.54, 1.807) is 19.4 Å². The number of hydrogen-bond donors (Lipinski definition) is 0. The van der Waals surface area contributed by atoms with Gasteiger partial charge in [0.25, 0.3) is 0 Å². The minimum atomic E-state index is -0.390. The van der Waals surface area contributed by atoms with Gasteiger partial charge in [-0.25, -0.2) is 4.79 Å². The van der Waals surface area contributed by atoms with Crippen molar-refractivity contribution < 1.29 is 13.6 Å². The second-order valence-electron chi connectivity index (χ2n) is 6.00. The van der Waals surface area contributed by atoms with Crippen LogP contribution in [0.5, 0.6) is 5.75 Å². The summed E-state index contributed by atoms with van der Waals surface area (Å²) in [4.78, 5) is 11.9. The van der Waals surface area contributed by atoms with Crippen molar-refractivity contribution in [3.63, 3.8) is 0 Å². The summed E-state index contributed by atoms with van der Waals surface area (Å²) in [6.07, 6.45) is 1.63. The number of rotatable bonds is 5. The first-order valence-corrected chi connectivity index (χ1v) is 9.23. The molecular weight excluding hydrogens is 366 g/mol. The van der Waals surface area contributed by atoms with Gasteiger partial charge in [0.15, 0.2) is 11.0 Å². The number of ether oxygens (including phenoxy) is 1. The van der Waals surface area contributed by atoms with Gasteiger partial charge in [-0.05, 0) is 30.7 Å². The minimum absolute atomic E-state index is 0.390. The molecule has 0 spiro atoms.